The number of hydrogen-bond donors (Lipinski definition) is 2. The first-order valence-electron chi connectivity index (χ1n) is 6.48. The van der Waals surface area contributed by atoms with Gasteiger partial charge in [0, 0.05) is 44.3 Å². The Kier molecular flexibility index (Phi) is 5.23. The molecule has 2 aromatic heterocycles. The Morgan fingerprint density at radius 2 is 2.10 bits per heavy atom. The number of hydrogen-bond acceptors (Lipinski definition) is 5. The van der Waals surface area contributed by atoms with Crippen molar-refractivity contribution in [1.82, 2.24) is 20.5 Å². The Morgan fingerprint density at radius 1 is 1.30 bits per heavy atom. The van der Waals surface area contributed by atoms with Crippen molar-refractivity contribution >= 4 is 0 Å². The van der Waals surface area contributed by atoms with Gasteiger partial charge in [0.2, 0.25) is 0 Å². The Labute approximate surface area is 118 Å². The lowest BCUT2D eigenvalue weighted by molar-refractivity contribution is -0.119. The first-order valence-corrected chi connectivity index (χ1v) is 6.48. The van der Waals surface area contributed by atoms with Crippen molar-refractivity contribution in [2.45, 2.75) is 25.8 Å². The number of ether oxygens (including phenoxy) is 2. The summed E-state index contributed by atoms with van der Waals surface area (Å²) in [6.07, 6.45) is 5.11. The zero-order chi connectivity index (χ0) is 14.4. The van der Waals surface area contributed by atoms with Crippen molar-refractivity contribution in [1.29, 1.82) is 0 Å². The first-order chi connectivity index (χ1) is 9.76. The zero-order valence-corrected chi connectivity index (χ0v) is 12.0. The third kappa shape index (κ3) is 3.41. The monoisotopic (exact) mass is 276 g/mol. The Morgan fingerprint density at radius 3 is 2.75 bits per heavy atom. The van der Waals surface area contributed by atoms with E-state index in [1.807, 2.05) is 31.5 Å². The Bertz CT molecular complexity index is 511. The van der Waals surface area contributed by atoms with Crippen LogP contribution in [0.25, 0.3) is 11.3 Å². The minimum atomic E-state index is -0.274. The summed E-state index contributed by atoms with van der Waals surface area (Å²) in [4.78, 5) is 4.12. The number of methoxy groups -OCH3 is 2. The molecule has 0 bridgehead atoms. The molecule has 0 saturated carbocycles. The van der Waals surface area contributed by atoms with Gasteiger partial charge in [-0.15, -0.1) is 0 Å². The van der Waals surface area contributed by atoms with E-state index in [-0.39, 0.29) is 12.3 Å². The van der Waals surface area contributed by atoms with Crippen LogP contribution in [0.1, 0.15) is 12.5 Å². The molecule has 2 rings (SSSR count). The van der Waals surface area contributed by atoms with Crippen molar-refractivity contribution in [3.05, 3.63) is 36.3 Å². The summed E-state index contributed by atoms with van der Waals surface area (Å²) >= 11 is 0. The molecule has 0 aliphatic carbocycles. The molecule has 0 saturated heterocycles. The van der Waals surface area contributed by atoms with E-state index in [4.69, 9.17) is 9.47 Å². The van der Waals surface area contributed by atoms with Gasteiger partial charge in [-0.3, -0.25) is 10.1 Å². The van der Waals surface area contributed by atoms with Gasteiger partial charge in [0.15, 0.2) is 6.29 Å². The molecule has 0 aromatic carbocycles. The molecule has 0 aliphatic rings. The van der Waals surface area contributed by atoms with E-state index < -0.39 is 0 Å². The lowest BCUT2D eigenvalue weighted by Crippen LogP contribution is -2.39. The number of aromatic nitrogens is 3. The maximum absolute atomic E-state index is 5.23. The minimum absolute atomic E-state index is 0.0710. The summed E-state index contributed by atoms with van der Waals surface area (Å²) in [7, 11) is 3.26. The highest BCUT2D eigenvalue weighted by atomic mass is 16.7. The van der Waals surface area contributed by atoms with Gasteiger partial charge in [-0.05, 0) is 19.1 Å². The van der Waals surface area contributed by atoms with Crippen LogP contribution in [0.4, 0.5) is 0 Å². The summed E-state index contributed by atoms with van der Waals surface area (Å²) in [5, 5.41) is 10.5. The third-order valence-corrected chi connectivity index (χ3v) is 3.16. The van der Waals surface area contributed by atoms with E-state index in [2.05, 4.69) is 20.5 Å². The number of aromatic amines is 1. The highest BCUT2D eigenvalue weighted by Gasteiger charge is 2.16. The van der Waals surface area contributed by atoms with E-state index in [0.29, 0.717) is 6.54 Å². The van der Waals surface area contributed by atoms with Gasteiger partial charge in [0.05, 0.1) is 17.9 Å². The average molecular weight is 276 g/mol. The van der Waals surface area contributed by atoms with Gasteiger partial charge in [-0.1, -0.05) is 0 Å². The van der Waals surface area contributed by atoms with Crippen molar-refractivity contribution in [2.24, 2.45) is 0 Å². The molecule has 108 valence electrons. The normalized spacial score (nSPS) is 12.8. The fourth-order valence-corrected chi connectivity index (χ4v) is 2.08. The van der Waals surface area contributed by atoms with Crippen molar-refractivity contribution in [2.75, 3.05) is 14.2 Å². The lowest BCUT2D eigenvalue weighted by Gasteiger charge is -2.22. The summed E-state index contributed by atoms with van der Waals surface area (Å²) in [5.74, 6) is 0. The van der Waals surface area contributed by atoms with Crippen molar-refractivity contribution in [3.63, 3.8) is 0 Å². The van der Waals surface area contributed by atoms with E-state index in [0.717, 1.165) is 16.8 Å². The highest BCUT2D eigenvalue weighted by molar-refractivity contribution is 5.61. The molecule has 20 heavy (non-hydrogen) atoms. The van der Waals surface area contributed by atoms with Gasteiger partial charge >= 0.3 is 0 Å². The second kappa shape index (κ2) is 7.14. The topological polar surface area (TPSA) is 72.1 Å². The van der Waals surface area contributed by atoms with Gasteiger partial charge in [-0.2, -0.15) is 5.10 Å². The standard InChI is InChI=1S/C14H20N4O2/c1-10(14(19-2)20-3)16-8-12-9-17-18-13(12)11-5-4-6-15-7-11/h4-7,9-10,14,16H,8H2,1-3H3,(H,17,18). The third-order valence-electron chi connectivity index (χ3n) is 3.16. The molecule has 6 heteroatoms. The molecule has 2 N–H and O–H groups in total. The van der Waals surface area contributed by atoms with E-state index >= 15 is 0 Å². The number of nitrogens with zero attached hydrogens (tertiary/aromatic N) is 2. The second-order valence-electron chi connectivity index (χ2n) is 4.52. The van der Waals surface area contributed by atoms with Gasteiger partial charge in [0.1, 0.15) is 0 Å². The van der Waals surface area contributed by atoms with E-state index in [1.165, 1.54) is 0 Å². The fourth-order valence-electron chi connectivity index (χ4n) is 2.08. The first kappa shape index (κ1) is 14.6. The maximum Gasteiger partial charge on any atom is 0.171 e. The molecule has 0 aliphatic heterocycles. The molecule has 2 aromatic rings. The van der Waals surface area contributed by atoms with Crippen molar-refractivity contribution < 1.29 is 9.47 Å². The molecule has 0 radical (unpaired) electrons. The van der Waals surface area contributed by atoms with Crippen LogP contribution >= 0.6 is 0 Å². The number of nitrogens with one attached hydrogen (secondary N) is 2. The minimum Gasteiger partial charge on any atom is -0.354 e. The van der Waals surface area contributed by atoms with Crippen molar-refractivity contribution in [3.8, 4) is 11.3 Å². The van der Waals surface area contributed by atoms with E-state index in [9.17, 15) is 0 Å². The van der Waals surface area contributed by atoms with Crippen LogP contribution in [-0.2, 0) is 16.0 Å². The molecule has 0 amide bonds. The van der Waals surface area contributed by atoms with Crippen LogP contribution in [-0.4, -0.2) is 41.7 Å². The summed E-state index contributed by atoms with van der Waals surface area (Å²) in [5.41, 5.74) is 3.07. The smallest absolute Gasteiger partial charge is 0.171 e. The molecular formula is C14H20N4O2. The summed E-state index contributed by atoms with van der Waals surface area (Å²) in [6.45, 7) is 2.69. The highest BCUT2D eigenvalue weighted by Crippen LogP contribution is 2.19. The SMILES string of the molecule is COC(OC)C(C)NCc1cn[nH]c1-c1cccnc1. The van der Waals surface area contributed by atoms with Crippen LogP contribution < -0.4 is 5.32 Å². The van der Waals surface area contributed by atoms with E-state index in [1.54, 1.807) is 20.4 Å². The van der Waals surface area contributed by atoms with Crippen LogP contribution in [0.5, 0.6) is 0 Å². The van der Waals surface area contributed by atoms with Crippen LogP contribution in [0.2, 0.25) is 0 Å². The number of rotatable bonds is 7. The predicted octanol–water partition coefficient (Wildman–Crippen LogP) is 1.57. The maximum atomic E-state index is 5.23. The molecule has 2 heterocycles. The fraction of sp³-hybridized carbons (Fsp3) is 0.429. The largest absolute Gasteiger partial charge is 0.354 e. The average Bonchev–Trinajstić information content (AvgIpc) is 2.95. The number of pyridine rings is 1. The van der Waals surface area contributed by atoms with Crippen LogP contribution in [0.15, 0.2) is 30.7 Å². The van der Waals surface area contributed by atoms with Gasteiger partial charge < -0.3 is 14.8 Å². The van der Waals surface area contributed by atoms with Gasteiger partial charge in [-0.25, -0.2) is 0 Å². The second-order valence-corrected chi connectivity index (χ2v) is 4.52. The molecule has 1 atom stereocenters. The van der Waals surface area contributed by atoms with Crippen LogP contribution in [0.3, 0.4) is 0 Å². The Hall–Kier alpha value is -1.76. The molecule has 0 spiro atoms. The molecule has 0 fully saturated rings. The molecule has 6 nitrogen and oxygen atoms in total. The quantitative estimate of drug-likeness (QED) is 0.751. The number of H-pyrrole nitrogens is 1. The summed E-state index contributed by atoms with van der Waals surface area (Å²) < 4.78 is 10.5. The summed E-state index contributed by atoms with van der Waals surface area (Å²) in [6, 6.07) is 3.98. The zero-order valence-electron chi connectivity index (χ0n) is 12.0. The predicted molar refractivity (Wildman–Crippen MR) is 75.9 cm³/mol. The molecular weight excluding hydrogens is 256 g/mol. The molecule has 1 unspecified atom stereocenters. The van der Waals surface area contributed by atoms with Crippen LogP contribution in [0, 0.1) is 0 Å². The Balaban J connectivity index is 2.03. The van der Waals surface area contributed by atoms with Gasteiger partial charge in [0.25, 0.3) is 0 Å². The lowest BCUT2D eigenvalue weighted by atomic mass is 10.1.